The molecule has 1 atom stereocenters. The van der Waals surface area contributed by atoms with Gasteiger partial charge in [0.2, 0.25) is 10.0 Å². The van der Waals surface area contributed by atoms with Crippen molar-refractivity contribution >= 4 is 10.0 Å². The van der Waals surface area contributed by atoms with E-state index < -0.39 is 10.0 Å². The predicted octanol–water partition coefficient (Wildman–Crippen LogP) is 1.60. The van der Waals surface area contributed by atoms with Crippen LogP contribution in [-0.2, 0) is 10.0 Å². The minimum atomic E-state index is -3.48. The zero-order valence-corrected chi connectivity index (χ0v) is 12.5. The molecule has 2 aromatic rings. The molecule has 1 saturated heterocycles. The SMILES string of the molecule is COc1cccc(S(=O)(=O)N2CCC(c3ccn[nH]3)C2)c1. The van der Waals surface area contributed by atoms with Crippen molar-refractivity contribution in [3.63, 3.8) is 0 Å². The molecule has 1 N–H and O–H groups in total. The molecule has 6 nitrogen and oxygen atoms in total. The molecule has 21 heavy (non-hydrogen) atoms. The Kier molecular flexibility index (Phi) is 3.69. The van der Waals surface area contributed by atoms with Gasteiger partial charge in [-0.3, -0.25) is 5.10 Å². The van der Waals surface area contributed by atoms with Crippen LogP contribution in [0.1, 0.15) is 18.0 Å². The Morgan fingerprint density at radius 3 is 2.95 bits per heavy atom. The van der Waals surface area contributed by atoms with E-state index in [0.717, 1.165) is 12.1 Å². The van der Waals surface area contributed by atoms with Crippen molar-refractivity contribution in [1.82, 2.24) is 14.5 Å². The number of ether oxygens (including phenoxy) is 1. The maximum atomic E-state index is 12.7. The van der Waals surface area contributed by atoms with Gasteiger partial charge in [0.15, 0.2) is 0 Å². The van der Waals surface area contributed by atoms with Crippen molar-refractivity contribution in [3.05, 3.63) is 42.2 Å². The number of aromatic amines is 1. The van der Waals surface area contributed by atoms with Gasteiger partial charge in [-0.2, -0.15) is 9.40 Å². The number of sulfonamides is 1. The lowest BCUT2D eigenvalue weighted by molar-refractivity contribution is 0.412. The van der Waals surface area contributed by atoms with Crippen molar-refractivity contribution in [2.24, 2.45) is 0 Å². The number of nitrogens with zero attached hydrogens (tertiary/aromatic N) is 2. The van der Waals surface area contributed by atoms with Gasteiger partial charge in [-0.25, -0.2) is 8.42 Å². The summed E-state index contributed by atoms with van der Waals surface area (Å²) in [7, 11) is -1.95. The number of nitrogens with one attached hydrogen (secondary N) is 1. The average molecular weight is 307 g/mol. The third-order valence-corrected chi connectivity index (χ3v) is 5.65. The quantitative estimate of drug-likeness (QED) is 0.931. The Morgan fingerprint density at radius 1 is 1.38 bits per heavy atom. The number of hydrogen-bond donors (Lipinski definition) is 1. The summed E-state index contributed by atoms with van der Waals surface area (Å²) in [5.41, 5.74) is 0.985. The van der Waals surface area contributed by atoms with Gasteiger partial charge in [0.05, 0.1) is 12.0 Å². The van der Waals surface area contributed by atoms with Crippen molar-refractivity contribution in [2.75, 3.05) is 20.2 Å². The van der Waals surface area contributed by atoms with Crippen LogP contribution in [0, 0.1) is 0 Å². The third kappa shape index (κ3) is 2.66. The zero-order valence-electron chi connectivity index (χ0n) is 11.7. The predicted molar refractivity (Wildman–Crippen MR) is 77.7 cm³/mol. The molecule has 7 heteroatoms. The molecule has 2 heterocycles. The van der Waals surface area contributed by atoms with Crippen LogP contribution in [0.5, 0.6) is 5.75 Å². The van der Waals surface area contributed by atoms with E-state index in [1.54, 1.807) is 30.5 Å². The van der Waals surface area contributed by atoms with Gasteiger partial charge in [0.25, 0.3) is 0 Å². The van der Waals surface area contributed by atoms with Gasteiger partial charge in [0, 0.05) is 37.0 Å². The molecule has 0 aliphatic carbocycles. The summed E-state index contributed by atoms with van der Waals surface area (Å²) in [6.07, 6.45) is 2.49. The van der Waals surface area contributed by atoms with E-state index in [2.05, 4.69) is 10.2 Å². The third-order valence-electron chi connectivity index (χ3n) is 3.79. The minimum Gasteiger partial charge on any atom is -0.497 e. The van der Waals surface area contributed by atoms with Crippen LogP contribution in [0.4, 0.5) is 0 Å². The second-order valence-electron chi connectivity index (χ2n) is 5.04. The summed E-state index contributed by atoms with van der Waals surface area (Å²) in [4.78, 5) is 0.270. The number of methoxy groups -OCH3 is 1. The van der Waals surface area contributed by atoms with Gasteiger partial charge in [-0.15, -0.1) is 0 Å². The lowest BCUT2D eigenvalue weighted by atomic mass is 10.1. The fourth-order valence-electron chi connectivity index (χ4n) is 2.61. The standard InChI is InChI=1S/C14H17N3O3S/c1-20-12-3-2-4-13(9-12)21(18,19)17-8-6-11(10-17)14-5-7-15-16-14/h2-5,7,9,11H,6,8,10H2,1H3,(H,15,16). The van der Waals surface area contributed by atoms with E-state index >= 15 is 0 Å². The monoisotopic (exact) mass is 307 g/mol. The highest BCUT2D eigenvalue weighted by Gasteiger charge is 2.33. The Hall–Kier alpha value is -1.86. The molecule has 1 fully saturated rings. The van der Waals surface area contributed by atoms with Crippen molar-refractivity contribution < 1.29 is 13.2 Å². The highest BCUT2D eigenvalue weighted by atomic mass is 32.2. The van der Waals surface area contributed by atoms with Crippen LogP contribution in [-0.4, -0.2) is 43.1 Å². The summed E-state index contributed by atoms with van der Waals surface area (Å²) < 4.78 is 31.9. The normalized spacial score (nSPS) is 19.8. The van der Waals surface area contributed by atoms with Crippen molar-refractivity contribution in [1.29, 1.82) is 0 Å². The van der Waals surface area contributed by atoms with E-state index in [0.29, 0.717) is 18.8 Å². The molecule has 1 aromatic carbocycles. The molecule has 1 aromatic heterocycles. The Labute approximate surface area is 123 Å². The molecular weight excluding hydrogens is 290 g/mol. The molecule has 1 unspecified atom stereocenters. The lowest BCUT2D eigenvalue weighted by Crippen LogP contribution is -2.28. The fourth-order valence-corrected chi connectivity index (χ4v) is 4.14. The first-order valence-electron chi connectivity index (χ1n) is 6.75. The molecule has 3 rings (SSSR count). The van der Waals surface area contributed by atoms with Gasteiger partial charge in [-0.05, 0) is 24.6 Å². The fraction of sp³-hybridized carbons (Fsp3) is 0.357. The molecule has 0 saturated carbocycles. The summed E-state index contributed by atoms with van der Waals surface area (Å²) in [5.74, 6) is 0.716. The maximum absolute atomic E-state index is 12.7. The van der Waals surface area contributed by atoms with Crippen LogP contribution in [0.25, 0.3) is 0 Å². The first kappa shape index (κ1) is 14.1. The summed E-state index contributed by atoms with van der Waals surface area (Å²) in [6, 6.07) is 8.47. The van der Waals surface area contributed by atoms with Gasteiger partial charge in [0.1, 0.15) is 5.75 Å². The Bertz CT molecular complexity index is 713. The molecular formula is C14H17N3O3S. The summed E-state index contributed by atoms with van der Waals surface area (Å²) in [6.45, 7) is 0.991. The van der Waals surface area contributed by atoms with E-state index in [9.17, 15) is 8.42 Å². The van der Waals surface area contributed by atoms with E-state index in [1.807, 2.05) is 6.07 Å². The molecule has 1 aliphatic rings. The smallest absolute Gasteiger partial charge is 0.243 e. The van der Waals surface area contributed by atoms with Crippen LogP contribution in [0.15, 0.2) is 41.4 Å². The van der Waals surface area contributed by atoms with Crippen LogP contribution in [0.3, 0.4) is 0 Å². The zero-order chi connectivity index (χ0) is 14.9. The molecule has 0 amide bonds. The van der Waals surface area contributed by atoms with Crippen LogP contribution < -0.4 is 4.74 Å². The van der Waals surface area contributed by atoms with Gasteiger partial charge >= 0.3 is 0 Å². The molecule has 0 radical (unpaired) electrons. The van der Waals surface area contributed by atoms with E-state index in [1.165, 1.54) is 11.4 Å². The average Bonchev–Trinajstić information content (AvgIpc) is 3.18. The largest absolute Gasteiger partial charge is 0.497 e. The first-order chi connectivity index (χ1) is 10.1. The van der Waals surface area contributed by atoms with Crippen molar-refractivity contribution in [3.8, 4) is 5.75 Å². The molecule has 1 aliphatic heterocycles. The van der Waals surface area contributed by atoms with Gasteiger partial charge < -0.3 is 4.74 Å². The second-order valence-corrected chi connectivity index (χ2v) is 6.98. The number of rotatable bonds is 4. The maximum Gasteiger partial charge on any atom is 0.243 e. The number of benzene rings is 1. The van der Waals surface area contributed by atoms with E-state index in [4.69, 9.17) is 4.74 Å². The number of aromatic nitrogens is 2. The Balaban J connectivity index is 1.83. The topological polar surface area (TPSA) is 75.3 Å². The first-order valence-corrected chi connectivity index (χ1v) is 8.19. The van der Waals surface area contributed by atoms with Gasteiger partial charge in [-0.1, -0.05) is 6.07 Å². The molecule has 112 valence electrons. The highest BCUT2D eigenvalue weighted by molar-refractivity contribution is 7.89. The van der Waals surface area contributed by atoms with Crippen molar-refractivity contribution in [2.45, 2.75) is 17.2 Å². The summed E-state index contributed by atoms with van der Waals surface area (Å²) >= 11 is 0. The minimum absolute atomic E-state index is 0.174. The summed E-state index contributed by atoms with van der Waals surface area (Å²) in [5, 5.41) is 6.84. The van der Waals surface area contributed by atoms with Crippen LogP contribution >= 0.6 is 0 Å². The second kappa shape index (κ2) is 5.50. The van der Waals surface area contributed by atoms with E-state index in [-0.39, 0.29) is 10.8 Å². The highest BCUT2D eigenvalue weighted by Crippen LogP contribution is 2.30. The van der Waals surface area contributed by atoms with Crippen LogP contribution in [0.2, 0.25) is 0 Å². The molecule has 0 spiro atoms. The lowest BCUT2D eigenvalue weighted by Gasteiger charge is -2.16. The number of hydrogen-bond acceptors (Lipinski definition) is 4. The molecule has 0 bridgehead atoms. The Morgan fingerprint density at radius 2 is 2.24 bits per heavy atom. The number of H-pyrrole nitrogens is 1.